The molecule has 0 saturated carbocycles. The maximum absolute atomic E-state index is 11.6. The molecule has 0 aliphatic carbocycles. The van der Waals surface area contributed by atoms with Crippen molar-refractivity contribution < 1.29 is 9.53 Å². The fraction of sp³-hybridized carbons (Fsp3) is 0.643. The van der Waals surface area contributed by atoms with Crippen molar-refractivity contribution in [2.24, 2.45) is 5.92 Å². The molecule has 2 heterocycles. The number of ketones is 1. The minimum atomic E-state index is 0.0272. The summed E-state index contributed by atoms with van der Waals surface area (Å²) in [5.41, 5.74) is 0.631. The molecule has 1 unspecified atom stereocenters. The molecule has 1 aromatic rings. The van der Waals surface area contributed by atoms with Crippen LogP contribution in [0.25, 0.3) is 0 Å². The zero-order chi connectivity index (χ0) is 12.6. The molecule has 1 fully saturated rings. The number of Topliss-reactive ketones (excluding diaryl/α,β-unsaturated/α-hetero) is 1. The highest BCUT2D eigenvalue weighted by Crippen LogP contribution is 2.15. The van der Waals surface area contributed by atoms with Crippen molar-refractivity contribution >= 4 is 5.78 Å². The zero-order valence-corrected chi connectivity index (χ0v) is 10.8. The van der Waals surface area contributed by atoms with Crippen molar-refractivity contribution in [2.45, 2.75) is 25.7 Å². The summed E-state index contributed by atoms with van der Waals surface area (Å²) in [6.07, 6.45) is 6.61. The second-order valence-corrected chi connectivity index (χ2v) is 4.91. The van der Waals surface area contributed by atoms with E-state index in [9.17, 15) is 4.79 Å². The van der Waals surface area contributed by atoms with Crippen LogP contribution in [0.3, 0.4) is 0 Å². The van der Waals surface area contributed by atoms with Crippen molar-refractivity contribution in [2.75, 3.05) is 26.3 Å². The predicted octanol–water partition coefficient (Wildman–Crippen LogP) is 1.99. The number of piperidine rings is 1. The van der Waals surface area contributed by atoms with Gasteiger partial charge in [0, 0.05) is 12.8 Å². The van der Waals surface area contributed by atoms with E-state index < -0.39 is 0 Å². The minimum Gasteiger partial charge on any atom is -0.373 e. The Morgan fingerprint density at radius 3 is 3.17 bits per heavy atom. The van der Waals surface area contributed by atoms with Crippen LogP contribution in [0, 0.1) is 5.92 Å². The second-order valence-electron chi connectivity index (χ2n) is 4.91. The van der Waals surface area contributed by atoms with E-state index in [0.29, 0.717) is 12.3 Å². The number of aromatic nitrogens is 1. The van der Waals surface area contributed by atoms with Gasteiger partial charge in [0.25, 0.3) is 0 Å². The Morgan fingerprint density at radius 2 is 2.44 bits per heavy atom. The van der Waals surface area contributed by atoms with Crippen LogP contribution in [0.15, 0.2) is 18.3 Å². The molecule has 4 nitrogen and oxygen atoms in total. The normalized spacial score (nSPS) is 19.9. The second kappa shape index (κ2) is 7.34. The van der Waals surface area contributed by atoms with Crippen LogP contribution in [0.1, 0.15) is 36.2 Å². The van der Waals surface area contributed by atoms with Gasteiger partial charge >= 0.3 is 0 Å². The van der Waals surface area contributed by atoms with Crippen LogP contribution in [0.4, 0.5) is 0 Å². The highest BCUT2D eigenvalue weighted by atomic mass is 16.5. The molecule has 2 N–H and O–H groups in total. The van der Waals surface area contributed by atoms with Gasteiger partial charge in [-0.1, -0.05) is 0 Å². The highest BCUT2D eigenvalue weighted by molar-refractivity contribution is 5.95. The average Bonchev–Trinajstić information content (AvgIpc) is 2.93. The van der Waals surface area contributed by atoms with Gasteiger partial charge in [0.1, 0.15) is 6.61 Å². The lowest BCUT2D eigenvalue weighted by Crippen LogP contribution is -2.29. The molecule has 100 valence electrons. The molecule has 18 heavy (non-hydrogen) atoms. The van der Waals surface area contributed by atoms with Crippen LogP contribution < -0.4 is 5.32 Å². The topological polar surface area (TPSA) is 54.1 Å². The Kier molecular flexibility index (Phi) is 5.42. The van der Waals surface area contributed by atoms with Gasteiger partial charge in [0.2, 0.25) is 5.78 Å². The number of nitrogens with one attached hydrogen (secondary N) is 2. The summed E-state index contributed by atoms with van der Waals surface area (Å²) in [5, 5.41) is 3.41. The minimum absolute atomic E-state index is 0.0272. The van der Waals surface area contributed by atoms with Crippen LogP contribution in [0.2, 0.25) is 0 Å². The molecule has 1 aromatic heterocycles. The Bertz CT molecular complexity index is 343. The smallest absolute Gasteiger partial charge is 0.204 e. The van der Waals surface area contributed by atoms with E-state index in [1.807, 2.05) is 6.07 Å². The average molecular weight is 250 g/mol. The van der Waals surface area contributed by atoms with E-state index in [1.165, 1.54) is 19.3 Å². The van der Waals surface area contributed by atoms with Gasteiger partial charge < -0.3 is 15.0 Å². The summed E-state index contributed by atoms with van der Waals surface area (Å²) >= 11 is 0. The molecule has 2 rings (SSSR count). The summed E-state index contributed by atoms with van der Waals surface area (Å²) < 4.78 is 5.42. The van der Waals surface area contributed by atoms with E-state index in [2.05, 4.69) is 10.3 Å². The first-order chi connectivity index (χ1) is 8.86. The number of hydrogen-bond donors (Lipinski definition) is 2. The van der Waals surface area contributed by atoms with Crippen molar-refractivity contribution in [3.63, 3.8) is 0 Å². The molecule has 0 bridgehead atoms. The first-order valence-electron chi connectivity index (χ1n) is 6.81. The first kappa shape index (κ1) is 13.3. The Balaban J connectivity index is 1.52. The standard InChI is InChI=1S/C14H22N2O2/c17-14(13-6-2-8-16-13)11-18-9-3-5-12-4-1-7-15-10-12/h2,6,8,12,15-16H,1,3-5,7,9-11H2. The number of carbonyl (C=O) groups excluding carboxylic acids is 1. The molecule has 1 atom stereocenters. The van der Waals surface area contributed by atoms with Gasteiger partial charge in [0.15, 0.2) is 0 Å². The van der Waals surface area contributed by atoms with Gasteiger partial charge in [-0.2, -0.15) is 0 Å². The van der Waals surface area contributed by atoms with Gasteiger partial charge in [-0.25, -0.2) is 0 Å². The number of carbonyl (C=O) groups is 1. The SMILES string of the molecule is O=C(COCCCC1CCCNC1)c1ccc[nH]1. The van der Waals surface area contributed by atoms with E-state index >= 15 is 0 Å². The summed E-state index contributed by atoms with van der Waals surface area (Å²) in [6.45, 7) is 3.17. The van der Waals surface area contributed by atoms with Crippen LogP contribution in [-0.2, 0) is 4.74 Å². The van der Waals surface area contributed by atoms with Crippen LogP contribution in [0.5, 0.6) is 0 Å². The largest absolute Gasteiger partial charge is 0.373 e. The zero-order valence-electron chi connectivity index (χ0n) is 10.8. The van der Waals surface area contributed by atoms with Crippen molar-refractivity contribution in [3.8, 4) is 0 Å². The maximum Gasteiger partial charge on any atom is 0.204 e. The number of rotatable bonds is 7. The molecular weight excluding hydrogens is 228 g/mol. The van der Waals surface area contributed by atoms with Gasteiger partial charge in [-0.05, 0) is 56.8 Å². The fourth-order valence-electron chi connectivity index (χ4n) is 2.39. The monoisotopic (exact) mass is 250 g/mol. The third kappa shape index (κ3) is 4.27. The highest BCUT2D eigenvalue weighted by Gasteiger charge is 2.12. The van der Waals surface area contributed by atoms with E-state index in [-0.39, 0.29) is 12.4 Å². The third-order valence-corrected chi connectivity index (χ3v) is 3.43. The molecule has 0 amide bonds. The van der Waals surface area contributed by atoms with Gasteiger partial charge in [-0.15, -0.1) is 0 Å². The quantitative estimate of drug-likeness (QED) is 0.575. The summed E-state index contributed by atoms with van der Waals surface area (Å²) in [4.78, 5) is 14.5. The lowest BCUT2D eigenvalue weighted by molar-refractivity contribution is 0.0741. The number of H-pyrrole nitrogens is 1. The summed E-state index contributed by atoms with van der Waals surface area (Å²) in [6, 6.07) is 3.60. The summed E-state index contributed by atoms with van der Waals surface area (Å²) in [7, 11) is 0. The van der Waals surface area contributed by atoms with E-state index in [0.717, 1.165) is 25.4 Å². The molecule has 0 spiro atoms. The molecular formula is C14H22N2O2. The van der Waals surface area contributed by atoms with E-state index in [1.54, 1.807) is 12.3 Å². The van der Waals surface area contributed by atoms with Gasteiger partial charge in [-0.3, -0.25) is 4.79 Å². The van der Waals surface area contributed by atoms with Gasteiger partial charge in [0.05, 0.1) is 5.69 Å². The molecule has 1 aliphatic heterocycles. The Hall–Kier alpha value is -1.13. The van der Waals surface area contributed by atoms with Crippen molar-refractivity contribution in [1.29, 1.82) is 0 Å². The van der Waals surface area contributed by atoms with Crippen molar-refractivity contribution in [3.05, 3.63) is 24.0 Å². The fourth-order valence-corrected chi connectivity index (χ4v) is 2.39. The lowest BCUT2D eigenvalue weighted by atomic mass is 9.95. The van der Waals surface area contributed by atoms with Crippen LogP contribution in [-0.4, -0.2) is 37.1 Å². The Labute approximate surface area is 108 Å². The molecule has 0 radical (unpaired) electrons. The van der Waals surface area contributed by atoms with E-state index in [4.69, 9.17) is 4.74 Å². The number of hydrogen-bond acceptors (Lipinski definition) is 3. The lowest BCUT2D eigenvalue weighted by Gasteiger charge is -2.22. The molecule has 1 saturated heterocycles. The van der Waals surface area contributed by atoms with Crippen LogP contribution >= 0.6 is 0 Å². The maximum atomic E-state index is 11.6. The molecule has 1 aliphatic rings. The predicted molar refractivity (Wildman–Crippen MR) is 70.8 cm³/mol. The summed E-state index contributed by atoms with van der Waals surface area (Å²) in [5.74, 6) is 0.820. The molecule has 0 aromatic carbocycles. The van der Waals surface area contributed by atoms with Crippen molar-refractivity contribution in [1.82, 2.24) is 10.3 Å². The Morgan fingerprint density at radius 1 is 1.50 bits per heavy atom. The first-order valence-corrected chi connectivity index (χ1v) is 6.81. The number of ether oxygens (including phenoxy) is 1. The number of aromatic amines is 1. The molecule has 4 heteroatoms. The third-order valence-electron chi connectivity index (χ3n) is 3.43.